The summed E-state index contributed by atoms with van der Waals surface area (Å²) in [6, 6.07) is 9.72. The average molecular weight is 388 g/mol. The van der Waals surface area contributed by atoms with Crippen LogP contribution in [-0.2, 0) is 4.74 Å². The van der Waals surface area contributed by atoms with E-state index < -0.39 is 5.97 Å². The highest BCUT2D eigenvalue weighted by Gasteiger charge is 2.39. The van der Waals surface area contributed by atoms with Gasteiger partial charge < -0.3 is 10.1 Å². The number of nitrogens with one attached hydrogen (secondary N) is 1. The summed E-state index contributed by atoms with van der Waals surface area (Å²) in [7, 11) is 1.34. The van der Waals surface area contributed by atoms with Crippen molar-refractivity contribution in [2.45, 2.75) is 25.3 Å². The molecule has 3 atom stereocenters. The van der Waals surface area contributed by atoms with Crippen molar-refractivity contribution in [3.63, 3.8) is 0 Å². The van der Waals surface area contributed by atoms with Gasteiger partial charge in [0.1, 0.15) is 0 Å². The van der Waals surface area contributed by atoms with Crippen molar-refractivity contribution >= 4 is 34.9 Å². The zero-order chi connectivity index (χ0) is 18.4. The third-order valence-electron chi connectivity index (χ3n) is 5.33. The number of halogens is 2. The zero-order valence-corrected chi connectivity index (χ0v) is 16.1. The molecule has 0 saturated carbocycles. The van der Waals surface area contributed by atoms with Crippen LogP contribution in [0.15, 0.2) is 42.5 Å². The van der Waals surface area contributed by atoms with Gasteiger partial charge in [0.15, 0.2) is 0 Å². The number of ether oxygens (including phenoxy) is 1. The van der Waals surface area contributed by atoms with Crippen LogP contribution in [0.25, 0.3) is 0 Å². The maximum atomic E-state index is 11.8. The number of anilines is 1. The summed E-state index contributed by atoms with van der Waals surface area (Å²) in [5.74, 6) is 0.227. The van der Waals surface area contributed by atoms with Crippen LogP contribution in [0.1, 0.15) is 45.4 Å². The summed E-state index contributed by atoms with van der Waals surface area (Å²) in [6.45, 7) is 2.11. The monoisotopic (exact) mass is 387 g/mol. The van der Waals surface area contributed by atoms with Crippen molar-refractivity contribution in [1.82, 2.24) is 0 Å². The van der Waals surface area contributed by atoms with Crippen molar-refractivity contribution < 1.29 is 9.53 Å². The number of carbonyl (C=O) groups is 1. The molecule has 5 heteroatoms. The lowest BCUT2D eigenvalue weighted by atomic mass is 9.76. The molecular formula is C21H19Cl2NO2. The number of esters is 1. The van der Waals surface area contributed by atoms with Crippen LogP contribution in [0.3, 0.4) is 0 Å². The van der Waals surface area contributed by atoms with E-state index in [-0.39, 0.29) is 6.04 Å². The zero-order valence-electron chi connectivity index (χ0n) is 14.6. The van der Waals surface area contributed by atoms with Gasteiger partial charge in [-0.3, -0.25) is 0 Å². The van der Waals surface area contributed by atoms with E-state index in [1.807, 2.05) is 0 Å². The number of aryl methyl sites for hydroxylation is 1. The van der Waals surface area contributed by atoms with Gasteiger partial charge in [-0.1, -0.05) is 53.1 Å². The first kappa shape index (κ1) is 17.4. The molecule has 1 N–H and O–H groups in total. The lowest BCUT2D eigenvalue weighted by molar-refractivity contribution is 0.0600. The molecule has 1 heterocycles. The highest BCUT2D eigenvalue weighted by atomic mass is 35.5. The Bertz CT molecular complexity index is 899. The Hall–Kier alpha value is -1.97. The molecule has 0 radical (unpaired) electrons. The third kappa shape index (κ3) is 2.80. The number of rotatable bonds is 2. The van der Waals surface area contributed by atoms with Crippen molar-refractivity contribution in [2.24, 2.45) is 5.92 Å². The van der Waals surface area contributed by atoms with Gasteiger partial charge in [0.2, 0.25) is 0 Å². The number of hydrogen-bond donors (Lipinski definition) is 1. The normalized spacial score (nSPS) is 23.2. The Kier molecular flexibility index (Phi) is 4.45. The van der Waals surface area contributed by atoms with Gasteiger partial charge >= 0.3 is 5.97 Å². The van der Waals surface area contributed by atoms with Crippen LogP contribution in [0, 0.1) is 12.8 Å². The molecule has 0 saturated heterocycles. The van der Waals surface area contributed by atoms with Crippen molar-refractivity contribution in [2.75, 3.05) is 12.4 Å². The predicted molar refractivity (Wildman–Crippen MR) is 105 cm³/mol. The molecule has 0 spiro atoms. The molecular weight excluding hydrogens is 369 g/mol. The summed E-state index contributed by atoms with van der Waals surface area (Å²) < 4.78 is 4.78. The molecule has 26 heavy (non-hydrogen) atoms. The molecule has 2 aliphatic rings. The quantitative estimate of drug-likeness (QED) is 0.513. The lowest BCUT2D eigenvalue weighted by Gasteiger charge is -2.38. The van der Waals surface area contributed by atoms with Gasteiger partial charge in [0.25, 0.3) is 0 Å². The van der Waals surface area contributed by atoms with E-state index in [2.05, 4.69) is 42.6 Å². The molecule has 0 bridgehead atoms. The molecule has 2 aromatic carbocycles. The molecule has 4 rings (SSSR count). The van der Waals surface area contributed by atoms with E-state index in [1.54, 1.807) is 12.1 Å². The summed E-state index contributed by atoms with van der Waals surface area (Å²) in [6.07, 6.45) is 5.47. The van der Waals surface area contributed by atoms with Crippen LogP contribution in [0.4, 0.5) is 5.69 Å². The van der Waals surface area contributed by atoms with Crippen LogP contribution < -0.4 is 5.32 Å². The van der Waals surface area contributed by atoms with Gasteiger partial charge in [0.05, 0.1) is 18.7 Å². The summed E-state index contributed by atoms with van der Waals surface area (Å²) in [5.41, 5.74) is 4.88. The van der Waals surface area contributed by atoms with Gasteiger partial charge in [0, 0.05) is 27.2 Å². The fourth-order valence-corrected chi connectivity index (χ4v) is 4.84. The van der Waals surface area contributed by atoms with E-state index in [0.717, 1.165) is 17.7 Å². The summed E-state index contributed by atoms with van der Waals surface area (Å²) in [5, 5.41) is 4.60. The highest BCUT2D eigenvalue weighted by Crippen LogP contribution is 2.52. The van der Waals surface area contributed by atoms with Crippen LogP contribution >= 0.6 is 23.2 Å². The van der Waals surface area contributed by atoms with E-state index in [9.17, 15) is 4.79 Å². The number of carbonyl (C=O) groups excluding carboxylic acids is 1. The maximum Gasteiger partial charge on any atom is 0.337 e. The van der Waals surface area contributed by atoms with Crippen molar-refractivity contribution in [3.8, 4) is 0 Å². The number of fused-ring (bicyclic) bond motifs is 3. The van der Waals surface area contributed by atoms with Gasteiger partial charge in [-0.05, 0) is 43.0 Å². The first-order valence-electron chi connectivity index (χ1n) is 8.60. The topological polar surface area (TPSA) is 38.3 Å². The van der Waals surface area contributed by atoms with Gasteiger partial charge in [-0.25, -0.2) is 4.79 Å². The van der Waals surface area contributed by atoms with Crippen molar-refractivity contribution in [1.29, 1.82) is 0 Å². The largest absolute Gasteiger partial charge is 0.465 e. The molecule has 134 valence electrons. The van der Waals surface area contributed by atoms with E-state index in [1.165, 1.54) is 18.2 Å². The molecule has 1 aliphatic heterocycles. The number of benzene rings is 2. The van der Waals surface area contributed by atoms with Gasteiger partial charge in [-0.15, -0.1) is 0 Å². The van der Waals surface area contributed by atoms with Crippen LogP contribution in [0.2, 0.25) is 10.0 Å². The second kappa shape index (κ2) is 6.64. The van der Waals surface area contributed by atoms with Gasteiger partial charge in [-0.2, -0.15) is 0 Å². The number of hydrogen-bond acceptors (Lipinski definition) is 3. The van der Waals surface area contributed by atoms with Crippen LogP contribution in [-0.4, -0.2) is 13.1 Å². The Morgan fingerprint density at radius 2 is 1.92 bits per heavy atom. The fraction of sp³-hybridized carbons (Fsp3) is 0.286. The van der Waals surface area contributed by atoms with E-state index in [0.29, 0.717) is 27.4 Å². The Balaban J connectivity index is 1.79. The molecule has 0 fully saturated rings. The molecule has 3 nitrogen and oxygen atoms in total. The molecule has 2 aromatic rings. The minimum atomic E-state index is -0.446. The standard InChI is InChI=1S/C21H19Cl2NO2/c1-11-6-7-18-15(8-11)13-4-3-5-14(13)20(24-18)19-16(22)9-12(10-17(19)23)21(25)26-2/h3-4,6-10,13-14,20,24H,5H2,1-2H3. The summed E-state index contributed by atoms with van der Waals surface area (Å²) >= 11 is 13.1. The Morgan fingerprint density at radius 3 is 2.62 bits per heavy atom. The second-order valence-corrected chi connectivity index (χ2v) is 7.73. The molecule has 0 amide bonds. The minimum Gasteiger partial charge on any atom is -0.465 e. The fourth-order valence-electron chi connectivity index (χ4n) is 4.12. The Morgan fingerprint density at radius 1 is 1.19 bits per heavy atom. The number of allylic oxidation sites excluding steroid dienone is 2. The third-order valence-corrected chi connectivity index (χ3v) is 5.95. The predicted octanol–water partition coefficient (Wildman–Crippen LogP) is 5.91. The molecule has 0 aromatic heterocycles. The van der Waals surface area contributed by atoms with E-state index >= 15 is 0 Å². The average Bonchev–Trinajstić information content (AvgIpc) is 3.11. The number of methoxy groups -OCH3 is 1. The molecule has 1 aliphatic carbocycles. The second-order valence-electron chi connectivity index (χ2n) is 6.91. The maximum absolute atomic E-state index is 11.8. The van der Waals surface area contributed by atoms with Crippen molar-refractivity contribution in [3.05, 3.63) is 74.8 Å². The first-order chi connectivity index (χ1) is 12.5. The Labute approximate surface area is 163 Å². The van der Waals surface area contributed by atoms with Crippen LogP contribution in [0.5, 0.6) is 0 Å². The van der Waals surface area contributed by atoms with E-state index in [4.69, 9.17) is 27.9 Å². The minimum absolute atomic E-state index is 0.0168. The highest BCUT2D eigenvalue weighted by molar-refractivity contribution is 6.36. The smallest absolute Gasteiger partial charge is 0.337 e. The first-order valence-corrected chi connectivity index (χ1v) is 9.36. The lowest BCUT2D eigenvalue weighted by Crippen LogP contribution is -2.29. The SMILES string of the molecule is COC(=O)c1cc(Cl)c(C2Nc3ccc(C)cc3C3C=CCC32)c(Cl)c1. The summed E-state index contributed by atoms with van der Waals surface area (Å²) in [4.78, 5) is 11.8. The molecule has 3 unspecified atom stereocenters.